The molecule has 0 saturated heterocycles. The van der Waals surface area contributed by atoms with E-state index in [1.807, 2.05) is 36.4 Å². The van der Waals surface area contributed by atoms with Gasteiger partial charge in [-0.3, -0.25) is 0 Å². The third-order valence-electron chi connectivity index (χ3n) is 1.49. The number of rotatable bonds is 4. The van der Waals surface area contributed by atoms with Crippen LogP contribution in [0.1, 0.15) is 6.42 Å². The summed E-state index contributed by atoms with van der Waals surface area (Å²) < 4.78 is 5.39. The highest BCUT2D eigenvalue weighted by molar-refractivity contribution is 5.20. The maximum absolute atomic E-state index is 8.20. The van der Waals surface area contributed by atoms with Crippen molar-refractivity contribution in [2.75, 3.05) is 6.61 Å². The third-order valence-corrected chi connectivity index (χ3v) is 1.49. The van der Waals surface area contributed by atoms with Gasteiger partial charge < -0.3 is 4.74 Å². The molecule has 1 rings (SSSR count). The Morgan fingerprint density at radius 2 is 2.08 bits per heavy atom. The van der Waals surface area contributed by atoms with Crippen LogP contribution in [-0.4, -0.2) is 6.61 Å². The van der Waals surface area contributed by atoms with Crippen LogP contribution in [0.15, 0.2) is 42.5 Å². The van der Waals surface area contributed by atoms with Crippen molar-refractivity contribution in [3.8, 4) is 11.8 Å². The molecule has 0 spiro atoms. The fourth-order valence-electron chi connectivity index (χ4n) is 0.898. The Labute approximate surface area is 78.1 Å². The molecule has 0 bridgehead atoms. The predicted octanol–water partition coefficient (Wildman–Crippen LogP) is 2.54. The van der Waals surface area contributed by atoms with Gasteiger partial charge in [-0.15, -0.1) is 0 Å². The van der Waals surface area contributed by atoms with Gasteiger partial charge >= 0.3 is 0 Å². The van der Waals surface area contributed by atoms with Crippen molar-refractivity contribution in [3.63, 3.8) is 0 Å². The zero-order valence-corrected chi connectivity index (χ0v) is 7.31. The van der Waals surface area contributed by atoms with Crippen LogP contribution in [0.4, 0.5) is 0 Å². The molecule has 0 aliphatic carbocycles. The maximum atomic E-state index is 8.20. The lowest BCUT2D eigenvalue weighted by molar-refractivity contribution is 0.325. The lowest BCUT2D eigenvalue weighted by Gasteiger charge is -2.02. The van der Waals surface area contributed by atoms with Crippen LogP contribution >= 0.6 is 0 Å². The lowest BCUT2D eigenvalue weighted by atomic mass is 10.3. The van der Waals surface area contributed by atoms with Crippen molar-refractivity contribution < 1.29 is 4.74 Å². The highest BCUT2D eigenvalue weighted by atomic mass is 16.5. The average molecular weight is 173 g/mol. The number of hydrogen-bond donors (Lipinski definition) is 0. The zero-order chi connectivity index (χ0) is 9.36. The topological polar surface area (TPSA) is 33.0 Å². The number of ether oxygens (including phenoxy) is 1. The normalized spacial score (nSPS) is 9.77. The van der Waals surface area contributed by atoms with Gasteiger partial charge in [-0.2, -0.15) is 5.26 Å². The molecule has 0 aliphatic rings. The first kappa shape index (κ1) is 9.34. The SMILES string of the molecule is N#CC=CCCOc1ccccc1. The minimum absolute atomic E-state index is 0.613. The van der Waals surface area contributed by atoms with E-state index in [0.717, 1.165) is 12.2 Å². The molecule has 0 aliphatic heterocycles. The largest absolute Gasteiger partial charge is 0.493 e. The molecule has 2 nitrogen and oxygen atoms in total. The van der Waals surface area contributed by atoms with E-state index in [1.54, 1.807) is 6.08 Å². The van der Waals surface area contributed by atoms with Crippen LogP contribution in [-0.2, 0) is 0 Å². The van der Waals surface area contributed by atoms with Gasteiger partial charge in [-0.25, -0.2) is 0 Å². The smallest absolute Gasteiger partial charge is 0.119 e. The van der Waals surface area contributed by atoms with E-state index in [-0.39, 0.29) is 0 Å². The number of hydrogen-bond acceptors (Lipinski definition) is 2. The molecule has 1 aromatic carbocycles. The lowest BCUT2D eigenvalue weighted by Crippen LogP contribution is -1.94. The van der Waals surface area contributed by atoms with Crippen molar-refractivity contribution in [1.82, 2.24) is 0 Å². The van der Waals surface area contributed by atoms with E-state index in [2.05, 4.69) is 0 Å². The van der Waals surface area contributed by atoms with Crippen LogP contribution in [0.25, 0.3) is 0 Å². The van der Waals surface area contributed by atoms with Gasteiger partial charge in [0.05, 0.1) is 12.7 Å². The molecule has 2 heteroatoms. The molecular formula is C11H11NO. The molecule has 0 radical (unpaired) electrons. The third kappa shape index (κ3) is 3.97. The second-order valence-electron chi connectivity index (χ2n) is 2.48. The van der Waals surface area contributed by atoms with Crippen molar-refractivity contribution in [1.29, 1.82) is 5.26 Å². The first-order valence-electron chi connectivity index (χ1n) is 4.16. The van der Waals surface area contributed by atoms with Crippen molar-refractivity contribution in [3.05, 3.63) is 42.5 Å². The van der Waals surface area contributed by atoms with E-state index in [1.165, 1.54) is 6.08 Å². The molecule has 0 amide bonds. The van der Waals surface area contributed by atoms with E-state index >= 15 is 0 Å². The molecule has 0 unspecified atom stereocenters. The fraction of sp³-hybridized carbons (Fsp3) is 0.182. The monoisotopic (exact) mass is 173 g/mol. The van der Waals surface area contributed by atoms with Crippen LogP contribution in [0.2, 0.25) is 0 Å². The summed E-state index contributed by atoms with van der Waals surface area (Å²) in [5.41, 5.74) is 0. The highest BCUT2D eigenvalue weighted by Crippen LogP contribution is 2.08. The standard InChI is InChI=1S/C11H11NO/c12-9-5-2-6-10-13-11-7-3-1-4-8-11/h1-5,7-8H,6,10H2. The van der Waals surface area contributed by atoms with E-state index in [0.29, 0.717) is 6.61 Å². The summed E-state index contributed by atoms with van der Waals surface area (Å²) in [7, 11) is 0. The Kier molecular flexibility index (Phi) is 4.20. The molecule has 0 N–H and O–H groups in total. The summed E-state index contributed by atoms with van der Waals surface area (Å²) in [6.45, 7) is 0.613. The summed E-state index contributed by atoms with van der Waals surface area (Å²) in [6.07, 6.45) is 4.03. The van der Waals surface area contributed by atoms with Gasteiger partial charge in [0.2, 0.25) is 0 Å². The number of benzene rings is 1. The van der Waals surface area contributed by atoms with Crippen LogP contribution < -0.4 is 4.74 Å². The van der Waals surface area contributed by atoms with Gasteiger partial charge in [0.1, 0.15) is 5.75 Å². The minimum Gasteiger partial charge on any atom is -0.493 e. The van der Waals surface area contributed by atoms with Gasteiger partial charge in [0.15, 0.2) is 0 Å². The van der Waals surface area contributed by atoms with E-state index in [4.69, 9.17) is 10.00 Å². The maximum Gasteiger partial charge on any atom is 0.119 e. The quantitative estimate of drug-likeness (QED) is 0.517. The summed E-state index contributed by atoms with van der Waals surface area (Å²) in [5, 5.41) is 8.20. The Balaban J connectivity index is 2.21. The van der Waals surface area contributed by atoms with Crippen LogP contribution in [0.5, 0.6) is 5.75 Å². The number of nitrogens with zero attached hydrogens (tertiary/aromatic N) is 1. The molecule has 0 atom stereocenters. The first-order valence-corrected chi connectivity index (χ1v) is 4.16. The summed E-state index contributed by atoms with van der Waals surface area (Å²) in [6, 6.07) is 11.6. The second kappa shape index (κ2) is 5.84. The molecular weight excluding hydrogens is 162 g/mol. The van der Waals surface area contributed by atoms with Gasteiger partial charge in [-0.1, -0.05) is 24.3 Å². The molecule has 13 heavy (non-hydrogen) atoms. The number of allylic oxidation sites excluding steroid dienone is 1. The van der Waals surface area contributed by atoms with Crippen molar-refractivity contribution in [2.24, 2.45) is 0 Å². The first-order chi connectivity index (χ1) is 6.43. The van der Waals surface area contributed by atoms with Crippen LogP contribution in [0, 0.1) is 11.3 Å². The Bertz CT molecular complexity index is 298. The fourth-order valence-corrected chi connectivity index (χ4v) is 0.898. The summed E-state index contributed by atoms with van der Waals surface area (Å²) >= 11 is 0. The van der Waals surface area contributed by atoms with E-state index < -0.39 is 0 Å². The average Bonchev–Trinajstić information content (AvgIpc) is 2.19. The van der Waals surface area contributed by atoms with Gasteiger partial charge in [-0.05, 0) is 12.1 Å². The summed E-state index contributed by atoms with van der Waals surface area (Å²) in [5.74, 6) is 0.868. The molecule has 1 aromatic rings. The molecule has 66 valence electrons. The number of para-hydroxylation sites is 1. The second-order valence-corrected chi connectivity index (χ2v) is 2.48. The molecule has 0 heterocycles. The zero-order valence-electron chi connectivity index (χ0n) is 7.31. The Hall–Kier alpha value is -1.75. The predicted molar refractivity (Wildman–Crippen MR) is 51.3 cm³/mol. The summed E-state index contributed by atoms with van der Waals surface area (Å²) in [4.78, 5) is 0. The minimum atomic E-state index is 0.613. The number of nitriles is 1. The van der Waals surface area contributed by atoms with Crippen LogP contribution in [0.3, 0.4) is 0 Å². The molecule has 0 aromatic heterocycles. The van der Waals surface area contributed by atoms with Gasteiger partial charge in [0.25, 0.3) is 0 Å². The van der Waals surface area contributed by atoms with Crippen molar-refractivity contribution in [2.45, 2.75) is 6.42 Å². The Morgan fingerprint density at radius 1 is 1.31 bits per heavy atom. The molecule has 0 fully saturated rings. The van der Waals surface area contributed by atoms with Gasteiger partial charge in [0, 0.05) is 12.5 Å². The van der Waals surface area contributed by atoms with Crippen molar-refractivity contribution >= 4 is 0 Å². The molecule has 0 saturated carbocycles. The highest BCUT2D eigenvalue weighted by Gasteiger charge is 1.88. The van der Waals surface area contributed by atoms with E-state index in [9.17, 15) is 0 Å². The Morgan fingerprint density at radius 3 is 2.77 bits per heavy atom.